The Balaban J connectivity index is 0. The van der Waals surface area contributed by atoms with Crippen molar-refractivity contribution in [1.29, 1.82) is 0 Å². The number of nitrogens with one attached hydrogen (secondary N) is 1. The first-order valence-electron chi connectivity index (χ1n) is 4.39. The van der Waals surface area contributed by atoms with E-state index in [9.17, 15) is 8.78 Å². The van der Waals surface area contributed by atoms with Gasteiger partial charge in [0.15, 0.2) is 0 Å². The minimum absolute atomic E-state index is 0. The van der Waals surface area contributed by atoms with Crippen LogP contribution in [0.3, 0.4) is 0 Å². The van der Waals surface area contributed by atoms with E-state index in [4.69, 9.17) is 5.73 Å². The Labute approximate surface area is 95.8 Å². The summed E-state index contributed by atoms with van der Waals surface area (Å²) in [6, 6.07) is -1.04. The molecule has 1 heterocycles. The van der Waals surface area contributed by atoms with Gasteiger partial charge in [0.1, 0.15) is 0 Å². The minimum Gasteiger partial charge on any atom is -0.323 e. The summed E-state index contributed by atoms with van der Waals surface area (Å²) in [5.74, 6) is -3.29. The van der Waals surface area contributed by atoms with Crippen LogP contribution >= 0.6 is 24.8 Å². The molecule has 0 radical (unpaired) electrons. The van der Waals surface area contributed by atoms with E-state index in [0.29, 0.717) is 13.0 Å². The largest absolute Gasteiger partial charge is 0.323 e. The number of rotatable bonds is 2. The van der Waals surface area contributed by atoms with Crippen LogP contribution in [0, 0.1) is 5.92 Å². The number of halogens is 4. The summed E-state index contributed by atoms with van der Waals surface area (Å²) in [6.45, 7) is 2.62. The Hall–Kier alpha value is 0.360. The summed E-state index contributed by atoms with van der Waals surface area (Å²) in [6.07, 6.45) is 1.41. The maximum atomic E-state index is 13.3. The third kappa shape index (κ3) is 3.85. The lowest BCUT2D eigenvalue weighted by molar-refractivity contribution is -0.0818. The van der Waals surface area contributed by atoms with Crippen molar-refractivity contribution in [3.8, 4) is 0 Å². The van der Waals surface area contributed by atoms with Crippen molar-refractivity contribution in [2.24, 2.45) is 11.7 Å². The van der Waals surface area contributed by atoms with Gasteiger partial charge in [0.05, 0.1) is 6.04 Å². The maximum absolute atomic E-state index is 13.3. The molecule has 14 heavy (non-hydrogen) atoms. The highest BCUT2D eigenvalue weighted by atomic mass is 35.5. The number of hydrogen-bond donors (Lipinski definition) is 2. The van der Waals surface area contributed by atoms with Gasteiger partial charge in [0.2, 0.25) is 0 Å². The van der Waals surface area contributed by atoms with Gasteiger partial charge in [-0.1, -0.05) is 0 Å². The summed E-state index contributed by atoms with van der Waals surface area (Å²) >= 11 is 0. The van der Waals surface area contributed by atoms with Crippen LogP contribution in [-0.4, -0.2) is 25.1 Å². The van der Waals surface area contributed by atoms with Crippen molar-refractivity contribution in [3.05, 3.63) is 0 Å². The van der Waals surface area contributed by atoms with Crippen LogP contribution in [0.4, 0.5) is 8.78 Å². The first-order chi connectivity index (χ1) is 5.55. The molecule has 0 aliphatic carbocycles. The van der Waals surface area contributed by atoms with Gasteiger partial charge >= 0.3 is 0 Å². The fourth-order valence-electron chi connectivity index (χ4n) is 1.55. The lowest BCUT2D eigenvalue weighted by Crippen LogP contribution is -2.49. The molecule has 2 unspecified atom stereocenters. The van der Waals surface area contributed by atoms with Gasteiger partial charge in [-0.05, 0) is 26.3 Å². The summed E-state index contributed by atoms with van der Waals surface area (Å²) in [4.78, 5) is 0. The van der Waals surface area contributed by atoms with Crippen molar-refractivity contribution >= 4 is 24.8 Å². The molecule has 0 amide bonds. The number of hydrogen-bond acceptors (Lipinski definition) is 2. The number of nitrogens with two attached hydrogens (primary N) is 1. The predicted octanol–water partition coefficient (Wildman–Crippen LogP) is 1.81. The molecule has 1 saturated heterocycles. The standard InChI is InChI=1S/C8H16F2N2.2ClH/c1-6(11)8(9,10)7-3-2-4-12-5-7;;/h6-7,12H,2-5,11H2,1H3;2*1H. The van der Waals surface area contributed by atoms with E-state index in [2.05, 4.69) is 5.32 Å². The predicted molar refractivity (Wildman–Crippen MR) is 58.7 cm³/mol. The monoisotopic (exact) mass is 250 g/mol. The van der Waals surface area contributed by atoms with Gasteiger partial charge < -0.3 is 11.1 Å². The van der Waals surface area contributed by atoms with E-state index < -0.39 is 17.9 Å². The van der Waals surface area contributed by atoms with Crippen molar-refractivity contribution < 1.29 is 8.78 Å². The van der Waals surface area contributed by atoms with E-state index in [1.165, 1.54) is 6.92 Å². The molecule has 0 saturated carbocycles. The van der Waals surface area contributed by atoms with Gasteiger partial charge in [0.25, 0.3) is 5.92 Å². The highest BCUT2D eigenvalue weighted by Crippen LogP contribution is 2.31. The minimum atomic E-state index is -2.71. The van der Waals surface area contributed by atoms with E-state index in [0.717, 1.165) is 13.0 Å². The second kappa shape index (κ2) is 6.77. The van der Waals surface area contributed by atoms with Crippen LogP contribution in [-0.2, 0) is 0 Å². The SMILES string of the molecule is CC(N)C(F)(F)C1CCCNC1.Cl.Cl. The fraction of sp³-hybridized carbons (Fsp3) is 1.00. The van der Waals surface area contributed by atoms with E-state index in [1.807, 2.05) is 0 Å². The molecule has 1 rings (SSSR count). The molecular weight excluding hydrogens is 233 g/mol. The topological polar surface area (TPSA) is 38.0 Å². The van der Waals surface area contributed by atoms with Gasteiger partial charge in [-0.15, -0.1) is 24.8 Å². The quantitative estimate of drug-likeness (QED) is 0.785. The molecule has 1 aliphatic heterocycles. The molecule has 0 aromatic heterocycles. The van der Waals surface area contributed by atoms with Crippen LogP contribution in [0.15, 0.2) is 0 Å². The van der Waals surface area contributed by atoms with Crippen molar-refractivity contribution in [3.63, 3.8) is 0 Å². The molecule has 2 nitrogen and oxygen atoms in total. The molecule has 2 atom stereocenters. The third-order valence-electron chi connectivity index (χ3n) is 2.45. The summed E-state index contributed by atoms with van der Waals surface area (Å²) in [7, 11) is 0. The van der Waals surface area contributed by atoms with Crippen LogP contribution in [0.25, 0.3) is 0 Å². The van der Waals surface area contributed by atoms with E-state index in [-0.39, 0.29) is 24.8 Å². The normalized spacial score (nSPS) is 24.4. The van der Waals surface area contributed by atoms with Gasteiger partial charge in [-0.2, -0.15) is 0 Å². The zero-order valence-electron chi connectivity index (χ0n) is 8.13. The molecule has 0 spiro atoms. The average molecular weight is 251 g/mol. The van der Waals surface area contributed by atoms with E-state index >= 15 is 0 Å². The smallest absolute Gasteiger partial charge is 0.266 e. The molecular formula is C8H18Cl2F2N2. The molecule has 1 aliphatic rings. The maximum Gasteiger partial charge on any atom is 0.266 e. The fourth-order valence-corrected chi connectivity index (χ4v) is 1.55. The lowest BCUT2D eigenvalue weighted by Gasteiger charge is -2.32. The van der Waals surface area contributed by atoms with Crippen molar-refractivity contribution in [2.75, 3.05) is 13.1 Å². The molecule has 0 aromatic carbocycles. The summed E-state index contributed by atoms with van der Waals surface area (Å²) < 4.78 is 26.5. The van der Waals surface area contributed by atoms with Crippen LogP contribution < -0.4 is 11.1 Å². The zero-order chi connectivity index (χ0) is 9.19. The Morgan fingerprint density at radius 3 is 2.36 bits per heavy atom. The van der Waals surface area contributed by atoms with E-state index in [1.54, 1.807) is 0 Å². The van der Waals surface area contributed by atoms with Gasteiger partial charge in [-0.3, -0.25) is 0 Å². The Bertz CT molecular complexity index is 150. The van der Waals surface area contributed by atoms with Gasteiger partial charge in [0, 0.05) is 12.5 Å². The molecule has 3 N–H and O–H groups in total. The number of alkyl halides is 2. The Kier molecular flexibility index (Phi) is 8.12. The summed E-state index contributed by atoms with van der Waals surface area (Å²) in [5.41, 5.74) is 5.22. The van der Waals surface area contributed by atoms with Gasteiger partial charge in [-0.25, -0.2) is 8.78 Å². The van der Waals surface area contributed by atoms with Crippen LogP contribution in [0.1, 0.15) is 19.8 Å². The highest BCUT2D eigenvalue weighted by molar-refractivity contribution is 5.85. The van der Waals surface area contributed by atoms with Crippen molar-refractivity contribution in [1.82, 2.24) is 5.32 Å². The van der Waals surface area contributed by atoms with Crippen molar-refractivity contribution in [2.45, 2.75) is 31.7 Å². The number of piperidine rings is 1. The molecule has 6 heteroatoms. The van der Waals surface area contributed by atoms with Crippen LogP contribution in [0.5, 0.6) is 0 Å². The highest BCUT2D eigenvalue weighted by Gasteiger charge is 2.43. The second-order valence-corrected chi connectivity index (χ2v) is 3.51. The molecule has 0 bridgehead atoms. The van der Waals surface area contributed by atoms with Crippen LogP contribution in [0.2, 0.25) is 0 Å². The second-order valence-electron chi connectivity index (χ2n) is 3.51. The zero-order valence-corrected chi connectivity index (χ0v) is 9.77. The average Bonchev–Trinajstić information content (AvgIpc) is 2.06. The first-order valence-corrected chi connectivity index (χ1v) is 4.39. The Morgan fingerprint density at radius 2 is 2.00 bits per heavy atom. The molecule has 0 aromatic rings. The lowest BCUT2D eigenvalue weighted by atomic mass is 9.89. The molecule has 1 fully saturated rings. The Morgan fingerprint density at radius 1 is 1.43 bits per heavy atom. The summed E-state index contributed by atoms with van der Waals surface area (Å²) in [5, 5.41) is 2.96. The molecule has 88 valence electrons. The first kappa shape index (κ1) is 16.8. The third-order valence-corrected chi connectivity index (χ3v) is 2.45.